The fourth-order valence-corrected chi connectivity index (χ4v) is 2.72. The molecule has 0 spiro atoms. The number of thioether (sulfide) groups is 1. The second kappa shape index (κ2) is 6.28. The molecular weight excluding hydrogens is 274 g/mol. The van der Waals surface area contributed by atoms with Gasteiger partial charge in [0, 0.05) is 13.1 Å². The van der Waals surface area contributed by atoms with E-state index in [2.05, 4.69) is 20.5 Å². The van der Waals surface area contributed by atoms with Crippen molar-refractivity contribution in [2.45, 2.75) is 18.6 Å². The summed E-state index contributed by atoms with van der Waals surface area (Å²) in [6.45, 7) is 3.74. The van der Waals surface area contributed by atoms with Gasteiger partial charge in [-0.2, -0.15) is 0 Å². The molecule has 0 aliphatic rings. The average Bonchev–Trinajstić information content (AvgIpc) is 2.71. The maximum atomic E-state index is 10.8. The van der Waals surface area contributed by atoms with Crippen LogP contribution in [0.25, 0.3) is 11.0 Å². The number of carboxylic acids is 1. The molecule has 0 fully saturated rings. The molecule has 2 rings (SSSR count). The van der Waals surface area contributed by atoms with Crippen molar-refractivity contribution in [1.29, 1.82) is 0 Å². The highest BCUT2D eigenvalue weighted by Gasteiger charge is 2.13. The second-order valence-electron chi connectivity index (χ2n) is 5.02. The van der Waals surface area contributed by atoms with Crippen molar-refractivity contribution in [2.75, 3.05) is 26.4 Å². The lowest BCUT2D eigenvalue weighted by Crippen LogP contribution is -2.19. The fourth-order valence-electron chi connectivity index (χ4n) is 1.96. The van der Waals surface area contributed by atoms with Crippen LogP contribution in [0.4, 0.5) is 0 Å². The third kappa shape index (κ3) is 3.52. The first-order valence-electron chi connectivity index (χ1n) is 6.43. The van der Waals surface area contributed by atoms with E-state index in [4.69, 9.17) is 5.11 Å². The molecule has 0 saturated carbocycles. The molecule has 1 aromatic carbocycles. The van der Waals surface area contributed by atoms with E-state index in [9.17, 15) is 4.79 Å². The van der Waals surface area contributed by atoms with Crippen molar-refractivity contribution in [3.8, 4) is 0 Å². The number of hydrogen-bond acceptors (Lipinski definition) is 4. The molecule has 0 atom stereocenters. The minimum absolute atomic E-state index is 0.0320. The Morgan fingerprint density at radius 1 is 1.45 bits per heavy atom. The molecular formula is C14H19N3O2S. The van der Waals surface area contributed by atoms with Gasteiger partial charge in [-0.15, -0.1) is 0 Å². The summed E-state index contributed by atoms with van der Waals surface area (Å²) in [6, 6.07) is 6.11. The minimum atomic E-state index is -0.822. The molecule has 108 valence electrons. The molecule has 6 heteroatoms. The largest absolute Gasteiger partial charge is 0.481 e. The zero-order valence-corrected chi connectivity index (χ0v) is 12.8. The van der Waals surface area contributed by atoms with Gasteiger partial charge in [0.2, 0.25) is 0 Å². The van der Waals surface area contributed by atoms with Crippen LogP contribution in [0.15, 0.2) is 23.4 Å². The monoisotopic (exact) mass is 293 g/mol. The van der Waals surface area contributed by atoms with Gasteiger partial charge in [-0.1, -0.05) is 17.8 Å². The number of carboxylic acid groups (broad SMARTS) is 1. The molecule has 0 aliphatic heterocycles. The number of nitrogens with zero attached hydrogens (tertiary/aromatic N) is 3. The number of imidazole rings is 1. The molecule has 20 heavy (non-hydrogen) atoms. The van der Waals surface area contributed by atoms with Gasteiger partial charge in [-0.3, -0.25) is 4.79 Å². The van der Waals surface area contributed by atoms with Gasteiger partial charge in [0.05, 0.1) is 16.8 Å². The maximum absolute atomic E-state index is 10.8. The molecule has 2 aromatic rings. The van der Waals surface area contributed by atoms with E-state index >= 15 is 0 Å². The lowest BCUT2D eigenvalue weighted by molar-refractivity contribution is -0.133. The highest BCUT2D eigenvalue weighted by molar-refractivity contribution is 7.99. The number of hydrogen-bond donors (Lipinski definition) is 1. The maximum Gasteiger partial charge on any atom is 0.313 e. The lowest BCUT2D eigenvalue weighted by atomic mass is 10.2. The highest BCUT2D eigenvalue weighted by Crippen LogP contribution is 2.24. The molecule has 5 nitrogen and oxygen atoms in total. The number of fused-ring (bicyclic) bond motifs is 1. The third-order valence-electron chi connectivity index (χ3n) is 2.96. The lowest BCUT2D eigenvalue weighted by Gasteiger charge is -2.13. The predicted octanol–water partition coefficient (Wildman–Crippen LogP) is 2.08. The Morgan fingerprint density at radius 2 is 2.20 bits per heavy atom. The summed E-state index contributed by atoms with van der Waals surface area (Å²) in [6.07, 6.45) is 0. The quantitative estimate of drug-likeness (QED) is 0.826. The van der Waals surface area contributed by atoms with Crippen molar-refractivity contribution in [2.24, 2.45) is 0 Å². The van der Waals surface area contributed by atoms with Crippen LogP contribution in [-0.4, -0.2) is 51.9 Å². The van der Waals surface area contributed by atoms with Crippen LogP contribution in [0.3, 0.4) is 0 Å². The van der Waals surface area contributed by atoms with E-state index in [1.54, 1.807) is 0 Å². The van der Waals surface area contributed by atoms with E-state index in [0.717, 1.165) is 29.3 Å². The predicted molar refractivity (Wildman–Crippen MR) is 81.4 cm³/mol. The fraction of sp³-hybridized carbons (Fsp3) is 0.429. The van der Waals surface area contributed by atoms with Crippen molar-refractivity contribution in [3.63, 3.8) is 0 Å². The zero-order valence-electron chi connectivity index (χ0n) is 12.0. The topological polar surface area (TPSA) is 58.4 Å². The van der Waals surface area contributed by atoms with Gasteiger partial charge >= 0.3 is 5.97 Å². The zero-order chi connectivity index (χ0) is 14.7. The van der Waals surface area contributed by atoms with Crippen LogP contribution in [-0.2, 0) is 11.3 Å². The first-order valence-corrected chi connectivity index (χ1v) is 7.42. The summed E-state index contributed by atoms with van der Waals surface area (Å²) in [5, 5.41) is 9.61. The molecule has 0 amide bonds. The normalized spacial score (nSPS) is 11.4. The van der Waals surface area contributed by atoms with Crippen LogP contribution in [0.2, 0.25) is 0 Å². The number of likely N-dealkylation sites (N-methyl/N-ethyl adjacent to an activating group) is 1. The van der Waals surface area contributed by atoms with E-state index in [0.29, 0.717) is 0 Å². The summed E-state index contributed by atoms with van der Waals surface area (Å²) >= 11 is 1.27. The first-order chi connectivity index (χ1) is 9.47. The third-order valence-corrected chi connectivity index (χ3v) is 3.93. The molecule has 0 bridgehead atoms. The van der Waals surface area contributed by atoms with Gasteiger partial charge in [0.25, 0.3) is 0 Å². The number of carbonyl (C=O) groups is 1. The van der Waals surface area contributed by atoms with Crippen molar-refractivity contribution in [1.82, 2.24) is 14.5 Å². The molecule has 1 aromatic heterocycles. The highest BCUT2D eigenvalue weighted by atomic mass is 32.2. The molecule has 0 saturated heterocycles. The Morgan fingerprint density at radius 3 is 2.85 bits per heavy atom. The van der Waals surface area contributed by atoms with E-state index < -0.39 is 5.97 Å². The molecule has 0 aliphatic carbocycles. The van der Waals surface area contributed by atoms with Crippen LogP contribution in [0.5, 0.6) is 0 Å². The summed E-state index contributed by atoms with van der Waals surface area (Å²) in [5.41, 5.74) is 3.17. The van der Waals surface area contributed by atoms with E-state index in [-0.39, 0.29) is 5.75 Å². The first kappa shape index (κ1) is 14.9. The molecule has 1 heterocycles. The van der Waals surface area contributed by atoms with Crippen LogP contribution in [0.1, 0.15) is 5.56 Å². The van der Waals surface area contributed by atoms with Gasteiger partial charge in [0.15, 0.2) is 5.16 Å². The molecule has 0 radical (unpaired) electrons. The summed E-state index contributed by atoms with van der Waals surface area (Å²) in [7, 11) is 4.04. The number of benzene rings is 1. The standard InChI is InChI=1S/C14H19N3O2S/c1-10-4-5-11-12(8-10)17(7-6-16(2)3)14(15-11)20-9-13(18)19/h4-5,8H,6-7,9H2,1-3H3,(H,18,19). The van der Waals surface area contributed by atoms with Crippen LogP contribution >= 0.6 is 11.8 Å². The van der Waals surface area contributed by atoms with Crippen molar-refractivity contribution >= 4 is 28.8 Å². The summed E-state index contributed by atoms with van der Waals surface area (Å²) in [4.78, 5) is 17.4. The van der Waals surface area contributed by atoms with Gasteiger partial charge in [0.1, 0.15) is 0 Å². The Balaban J connectivity index is 2.37. The number of rotatable bonds is 6. The summed E-state index contributed by atoms with van der Waals surface area (Å²) < 4.78 is 2.11. The Bertz CT molecular complexity index is 622. The number of aryl methyl sites for hydroxylation is 1. The smallest absolute Gasteiger partial charge is 0.313 e. The number of aromatic nitrogens is 2. The van der Waals surface area contributed by atoms with E-state index in [1.165, 1.54) is 17.3 Å². The van der Waals surface area contributed by atoms with Gasteiger partial charge < -0.3 is 14.6 Å². The second-order valence-corrected chi connectivity index (χ2v) is 5.97. The van der Waals surface area contributed by atoms with Gasteiger partial charge in [-0.05, 0) is 38.7 Å². The number of aliphatic carboxylic acids is 1. The van der Waals surface area contributed by atoms with Crippen molar-refractivity contribution in [3.05, 3.63) is 23.8 Å². The Kier molecular flexibility index (Phi) is 4.67. The van der Waals surface area contributed by atoms with Crippen molar-refractivity contribution < 1.29 is 9.90 Å². The Labute approximate surface area is 122 Å². The van der Waals surface area contributed by atoms with E-state index in [1.807, 2.05) is 33.2 Å². The molecule has 1 N–H and O–H groups in total. The average molecular weight is 293 g/mol. The van der Waals surface area contributed by atoms with Crippen LogP contribution < -0.4 is 0 Å². The minimum Gasteiger partial charge on any atom is -0.481 e. The van der Waals surface area contributed by atoms with Crippen LogP contribution in [0, 0.1) is 6.92 Å². The van der Waals surface area contributed by atoms with Gasteiger partial charge in [-0.25, -0.2) is 4.98 Å². The Hall–Kier alpha value is -1.53. The summed E-state index contributed by atoms with van der Waals surface area (Å²) in [5.74, 6) is -0.790. The SMILES string of the molecule is Cc1ccc2nc(SCC(=O)O)n(CCN(C)C)c2c1. The molecule has 0 unspecified atom stereocenters.